The lowest BCUT2D eigenvalue weighted by Crippen LogP contribution is -1.85. The number of hydrogen-bond acceptors (Lipinski definition) is 1. The molecule has 11 heavy (non-hydrogen) atoms. The summed E-state index contributed by atoms with van der Waals surface area (Å²) in [5.41, 5.74) is 1.73. The zero-order valence-electron chi connectivity index (χ0n) is 5.64. The van der Waals surface area contributed by atoms with Crippen LogP contribution in [-0.2, 0) is 5.33 Å². The monoisotopic (exact) mass is 273 g/mol. The predicted octanol–water partition coefficient (Wildman–Crippen LogP) is 3.22. The van der Waals surface area contributed by atoms with Crippen molar-refractivity contribution in [1.29, 1.82) is 5.26 Å². The first-order valence-corrected chi connectivity index (χ1v) is 4.94. The maximum atomic E-state index is 8.73. The predicted molar refractivity (Wildman–Crippen MR) is 51.5 cm³/mol. The quantitative estimate of drug-likeness (QED) is 0.722. The lowest BCUT2D eigenvalue weighted by Gasteiger charge is -1.99. The summed E-state index contributed by atoms with van der Waals surface area (Å²) in [5.74, 6) is 0. The van der Waals surface area contributed by atoms with Crippen molar-refractivity contribution in [3.63, 3.8) is 0 Å². The second-order valence-electron chi connectivity index (χ2n) is 2.02. The molecule has 0 aliphatic rings. The molecule has 0 amide bonds. The lowest BCUT2D eigenvalue weighted by molar-refractivity contribution is 1.35. The van der Waals surface area contributed by atoms with E-state index in [9.17, 15) is 0 Å². The molecule has 0 aliphatic carbocycles. The number of alkyl halides is 1. The summed E-state index contributed by atoms with van der Waals surface area (Å²) in [4.78, 5) is 0. The Morgan fingerprint density at radius 2 is 2.18 bits per heavy atom. The van der Waals surface area contributed by atoms with E-state index >= 15 is 0 Å². The molecule has 0 atom stereocenters. The van der Waals surface area contributed by atoms with E-state index in [0.717, 1.165) is 15.4 Å². The van der Waals surface area contributed by atoms with Crippen LogP contribution in [0.25, 0.3) is 0 Å². The van der Waals surface area contributed by atoms with Gasteiger partial charge in [-0.25, -0.2) is 0 Å². The first kappa shape index (κ1) is 8.76. The Bertz CT molecular complexity index is 301. The average Bonchev–Trinajstić information content (AvgIpc) is 2.04. The zero-order valence-corrected chi connectivity index (χ0v) is 8.81. The molecular weight excluding hydrogens is 270 g/mol. The Labute approximate surface area is 82.3 Å². The number of hydrogen-bond donors (Lipinski definition) is 0. The van der Waals surface area contributed by atoms with Gasteiger partial charge in [-0.2, -0.15) is 5.26 Å². The number of nitrogens with zero attached hydrogens (tertiary/aromatic N) is 1. The van der Waals surface area contributed by atoms with E-state index in [4.69, 9.17) is 5.26 Å². The fraction of sp³-hybridized carbons (Fsp3) is 0.125. The number of rotatable bonds is 1. The molecule has 1 aromatic carbocycles. The van der Waals surface area contributed by atoms with Gasteiger partial charge in [0.05, 0.1) is 5.56 Å². The molecule has 0 aromatic heterocycles. The van der Waals surface area contributed by atoms with Crippen molar-refractivity contribution < 1.29 is 0 Å². The summed E-state index contributed by atoms with van der Waals surface area (Å²) in [7, 11) is 0. The summed E-state index contributed by atoms with van der Waals surface area (Å²) >= 11 is 6.62. The van der Waals surface area contributed by atoms with E-state index in [2.05, 4.69) is 37.9 Å². The van der Waals surface area contributed by atoms with Crippen LogP contribution in [0.3, 0.4) is 0 Å². The molecule has 0 N–H and O–H groups in total. The third-order valence-electron chi connectivity index (χ3n) is 1.36. The van der Waals surface area contributed by atoms with Crippen LogP contribution in [0.2, 0.25) is 0 Å². The highest BCUT2D eigenvalue weighted by Crippen LogP contribution is 2.21. The Hall–Kier alpha value is -0.330. The van der Waals surface area contributed by atoms with E-state index in [1.165, 1.54) is 0 Å². The van der Waals surface area contributed by atoms with Crippen LogP contribution in [0.1, 0.15) is 11.1 Å². The molecule has 1 aromatic rings. The SMILES string of the molecule is N#Cc1c(Br)cccc1CBr. The smallest absolute Gasteiger partial charge is 0.101 e. The van der Waals surface area contributed by atoms with Gasteiger partial charge in [0, 0.05) is 9.80 Å². The van der Waals surface area contributed by atoms with Crippen molar-refractivity contribution in [1.82, 2.24) is 0 Å². The third-order valence-corrected chi connectivity index (χ3v) is 2.62. The van der Waals surface area contributed by atoms with Gasteiger partial charge in [-0.1, -0.05) is 28.1 Å². The Morgan fingerprint density at radius 1 is 1.45 bits per heavy atom. The molecule has 0 radical (unpaired) electrons. The molecule has 0 fully saturated rings. The van der Waals surface area contributed by atoms with Gasteiger partial charge in [-0.15, -0.1) is 0 Å². The minimum Gasteiger partial charge on any atom is -0.192 e. The molecule has 0 bridgehead atoms. The summed E-state index contributed by atoms with van der Waals surface area (Å²) in [6.45, 7) is 0. The molecule has 1 rings (SSSR count). The van der Waals surface area contributed by atoms with Crippen molar-refractivity contribution >= 4 is 31.9 Å². The van der Waals surface area contributed by atoms with Gasteiger partial charge in [0.25, 0.3) is 0 Å². The van der Waals surface area contributed by atoms with E-state index < -0.39 is 0 Å². The molecule has 0 spiro atoms. The Balaban J connectivity index is 3.27. The lowest BCUT2D eigenvalue weighted by atomic mass is 10.1. The second-order valence-corrected chi connectivity index (χ2v) is 3.43. The van der Waals surface area contributed by atoms with Gasteiger partial charge < -0.3 is 0 Å². The van der Waals surface area contributed by atoms with Crippen LogP contribution in [0.15, 0.2) is 22.7 Å². The normalized spacial score (nSPS) is 9.18. The zero-order chi connectivity index (χ0) is 8.27. The van der Waals surface area contributed by atoms with Gasteiger partial charge in [-0.05, 0) is 27.6 Å². The number of halogens is 2. The first-order valence-electron chi connectivity index (χ1n) is 3.03. The van der Waals surface area contributed by atoms with Crippen molar-refractivity contribution in [3.8, 4) is 6.07 Å². The molecule has 3 heteroatoms. The largest absolute Gasteiger partial charge is 0.192 e. The third kappa shape index (κ3) is 1.82. The Kier molecular flexibility index (Phi) is 3.10. The van der Waals surface area contributed by atoms with Crippen molar-refractivity contribution in [3.05, 3.63) is 33.8 Å². The van der Waals surface area contributed by atoms with Crippen LogP contribution in [0.5, 0.6) is 0 Å². The van der Waals surface area contributed by atoms with Gasteiger partial charge in [0.1, 0.15) is 6.07 Å². The molecule has 0 unspecified atom stereocenters. The minimum absolute atomic E-state index is 0.712. The molecule has 0 saturated carbocycles. The first-order chi connectivity index (χ1) is 5.29. The molecule has 0 heterocycles. The maximum absolute atomic E-state index is 8.73. The molecule has 56 valence electrons. The van der Waals surface area contributed by atoms with Crippen LogP contribution in [0.4, 0.5) is 0 Å². The topological polar surface area (TPSA) is 23.8 Å². The fourth-order valence-corrected chi connectivity index (χ4v) is 1.77. The van der Waals surface area contributed by atoms with Gasteiger partial charge in [-0.3, -0.25) is 0 Å². The van der Waals surface area contributed by atoms with Gasteiger partial charge >= 0.3 is 0 Å². The molecule has 1 nitrogen and oxygen atoms in total. The van der Waals surface area contributed by atoms with Gasteiger partial charge in [0.15, 0.2) is 0 Å². The molecular formula is C8H5Br2N. The van der Waals surface area contributed by atoms with E-state index in [1.807, 2.05) is 18.2 Å². The summed E-state index contributed by atoms with van der Waals surface area (Å²) in [6.07, 6.45) is 0. The van der Waals surface area contributed by atoms with Crippen LogP contribution >= 0.6 is 31.9 Å². The number of benzene rings is 1. The Morgan fingerprint density at radius 3 is 2.64 bits per heavy atom. The van der Waals surface area contributed by atoms with Crippen molar-refractivity contribution in [2.45, 2.75) is 5.33 Å². The summed E-state index contributed by atoms with van der Waals surface area (Å²) in [5, 5.41) is 9.45. The highest BCUT2D eigenvalue weighted by molar-refractivity contribution is 9.10. The number of nitriles is 1. The van der Waals surface area contributed by atoms with Crippen molar-refractivity contribution in [2.24, 2.45) is 0 Å². The standard InChI is InChI=1S/C8H5Br2N/c9-4-6-2-1-3-8(10)7(6)5-11/h1-3H,4H2. The summed E-state index contributed by atoms with van der Waals surface area (Å²) in [6, 6.07) is 7.85. The van der Waals surface area contributed by atoms with Crippen LogP contribution in [-0.4, -0.2) is 0 Å². The highest BCUT2D eigenvalue weighted by Gasteiger charge is 2.02. The fourth-order valence-electron chi connectivity index (χ4n) is 0.805. The van der Waals surface area contributed by atoms with E-state index in [0.29, 0.717) is 5.56 Å². The van der Waals surface area contributed by atoms with Crippen molar-refractivity contribution in [2.75, 3.05) is 0 Å². The van der Waals surface area contributed by atoms with Gasteiger partial charge in [0.2, 0.25) is 0 Å². The second kappa shape index (κ2) is 3.89. The van der Waals surface area contributed by atoms with E-state index in [-0.39, 0.29) is 0 Å². The maximum Gasteiger partial charge on any atom is 0.101 e. The molecule has 0 saturated heterocycles. The highest BCUT2D eigenvalue weighted by atomic mass is 79.9. The molecule has 0 aliphatic heterocycles. The van der Waals surface area contributed by atoms with E-state index in [1.54, 1.807) is 0 Å². The average molecular weight is 275 g/mol. The van der Waals surface area contributed by atoms with Crippen LogP contribution < -0.4 is 0 Å². The summed E-state index contributed by atoms with van der Waals surface area (Å²) < 4.78 is 0.858. The van der Waals surface area contributed by atoms with Crippen LogP contribution in [0, 0.1) is 11.3 Å². The minimum atomic E-state index is 0.712.